The highest BCUT2D eigenvalue weighted by Gasteiger charge is 2.43. The molecule has 1 unspecified atom stereocenters. The first-order valence-corrected chi connectivity index (χ1v) is 5.51. The summed E-state index contributed by atoms with van der Waals surface area (Å²) >= 11 is 5.25. The largest absolute Gasteiger partial charge is 0.390 e. The van der Waals surface area contributed by atoms with Crippen LogP contribution in [-0.4, -0.2) is 11.4 Å². The van der Waals surface area contributed by atoms with E-state index in [2.05, 4.69) is 0 Å². The van der Waals surface area contributed by atoms with Crippen LogP contribution in [-0.2, 0) is 11.2 Å². The summed E-state index contributed by atoms with van der Waals surface area (Å²) in [6, 6.07) is 5.09. The van der Waals surface area contributed by atoms with Crippen molar-refractivity contribution in [2.75, 3.05) is 0 Å². The van der Waals surface area contributed by atoms with E-state index in [9.17, 15) is 22.4 Å². The zero-order valence-electron chi connectivity index (χ0n) is 9.52. The average Bonchev–Trinajstić information content (AvgIpc) is 2.13. The SMILES string of the molecule is CC(Cc1cccc(F)c1)(CC(F)(F)F)C(=O)Cl. The molecule has 0 amide bonds. The van der Waals surface area contributed by atoms with Crippen molar-refractivity contribution in [2.24, 2.45) is 5.41 Å². The van der Waals surface area contributed by atoms with E-state index in [-0.39, 0.29) is 6.42 Å². The second-order valence-electron chi connectivity index (χ2n) is 4.43. The molecule has 1 aromatic rings. The van der Waals surface area contributed by atoms with Gasteiger partial charge in [-0.2, -0.15) is 13.2 Å². The maximum atomic E-state index is 12.9. The standard InChI is InChI=1S/C12H11ClF4O/c1-11(10(13)18,7-12(15,16)17)6-8-3-2-4-9(14)5-8/h2-5H,6-7H2,1H3. The van der Waals surface area contributed by atoms with Crippen LogP contribution >= 0.6 is 11.6 Å². The van der Waals surface area contributed by atoms with Crippen LogP contribution in [0.4, 0.5) is 17.6 Å². The number of hydrogen-bond acceptors (Lipinski definition) is 1. The molecular formula is C12H11ClF4O. The first kappa shape index (κ1) is 15.0. The Balaban J connectivity index is 2.96. The first-order valence-electron chi connectivity index (χ1n) is 5.13. The molecule has 1 atom stereocenters. The van der Waals surface area contributed by atoms with Gasteiger partial charge in [-0.1, -0.05) is 19.1 Å². The van der Waals surface area contributed by atoms with Crippen molar-refractivity contribution in [2.45, 2.75) is 25.9 Å². The van der Waals surface area contributed by atoms with E-state index in [1.807, 2.05) is 0 Å². The van der Waals surface area contributed by atoms with Gasteiger partial charge >= 0.3 is 6.18 Å². The van der Waals surface area contributed by atoms with Gasteiger partial charge in [0.2, 0.25) is 5.24 Å². The van der Waals surface area contributed by atoms with Crippen molar-refractivity contribution in [3.8, 4) is 0 Å². The molecule has 0 saturated carbocycles. The molecule has 0 saturated heterocycles. The Hall–Kier alpha value is -1.10. The molecule has 0 bridgehead atoms. The van der Waals surface area contributed by atoms with Gasteiger partial charge in [0, 0.05) is 0 Å². The predicted molar refractivity (Wildman–Crippen MR) is 59.7 cm³/mol. The van der Waals surface area contributed by atoms with Crippen molar-refractivity contribution >= 4 is 16.8 Å². The number of carbonyl (C=O) groups excluding carboxylic acids is 1. The third-order valence-electron chi connectivity index (χ3n) is 2.55. The van der Waals surface area contributed by atoms with Crippen molar-refractivity contribution in [3.63, 3.8) is 0 Å². The summed E-state index contributed by atoms with van der Waals surface area (Å²) in [5, 5.41) is -1.08. The van der Waals surface area contributed by atoms with Crippen LogP contribution in [0.25, 0.3) is 0 Å². The minimum Gasteiger partial charge on any atom is -0.281 e. The Morgan fingerprint density at radius 3 is 2.39 bits per heavy atom. The predicted octanol–water partition coefficient (Wildman–Crippen LogP) is 4.09. The molecule has 1 rings (SSSR count). The lowest BCUT2D eigenvalue weighted by atomic mass is 9.81. The van der Waals surface area contributed by atoms with E-state index < -0.39 is 29.1 Å². The second kappa shape index (κ2) is 5.26. The quantitative estimate of drug-likeness (QED) is 0.600. The molecule has 0 aliphatic heterocycles. The number of rotatable bonds is 4. The monoisotopic (exact) mass is 282 g/mol. The number of halogens is 5. The molecule has 0 radical (unpaired) electrons. The summed E-state index contributed by atoms with van der Waals surface area (Å²) in [7, 11) is 0. The number of benzene rings is 1. The summed E-state index contributed by atoms with van der Waals surface area (Å²) < 4.78 is 50.2. The normalized spacial score (nSPS) is 15.2. The molecule has 1 aromatic carbocycles. The van der Waals surface area contributed by atoms with Gasteiger partial charge in [0.15, 0.2) is 0 Å². The lowest BCUT2D eigenvalue weighted by Crippen LogP contribution is -2.32. The van der Waals surface area contributed by atoms with Gasteiger partial charge in [-0.25, -0.2) is 4.39 Å². The third kappa shape index (κ3) is 4.29. The molecule has 0 spiro atoms. The fraction of sp³-hybridized carbons (Fsp3) is 0.417. The smallest absolute Gasteiger partial charge is 0.281 e. The third-order valence-corrected chi connectivity index (χ3v) is 3.00. The molecule has 1 nitrogen and oxygen atoms in total. The summed E-state index contributed by atoms with van der Waals surface area (Å²) in [5.74, 6) is -0.566. The summed E-state index contributed by atoms with van der Waals surface area (Å²) in [6.07, 6.45) is -6.10. The van der Waals surface area contributed by atoms with Crippen LogP contribution in [0.1, 0.15) is 18.9 Å². The first-order chi connectivity index (χ1) is 8.12. The van der Waals surface area contributed by atoms with Gasteiger partial charge < -0.3 is 0 Å². The van der Waals surface area contributed by atoms with Gasteiger partial charge in [-0.15, -0.1) is 0 Å². The number of hydrogen-bond donors (Lipinski definition) is 0. The van der Waals surface area contributed by atoms with E-state index in [0.29, 0.717) is 5.56 Å². The number of carbonyl (C=O) groups is 1. The molecule has 0 aliphatic rings. The maximum absolute atomic E-state index is 12.9. The van der Waals surface area contributed by atoms with Crippen LogP contribution in [0, 0.1) is 11.2 Å². The van der Waals surface area contributed by atoms with Crippen molar-refractivity contribution in [3.05, 3.63) is 35.6 Å². The Labute approximate surface area is 107 Å². The molecule has 100 valence electrons. The number of alkyl halides is 3. The molecule has 0 heterocycles. The topological polar surface area (TPSA) is 17.1 Å². The fourth-order valence-corrected chi connectivity index (χ4v) is 1.87. The molecule has 0 N–H and O–H groups in total. The van der Waals surface area contributed by atoms with Crippen LogP contribution in [0.15, 0.2) is 24.3 Å². The van der Waals surface area contributed by atoms with Crippen LogP contribution in [0.5, 0.6) is 0 Å². The van der Waals surface area contributed by atoms with E-state index >= 15 is 0 Å². The van der Waals surface area contributed by atoms with Crippen LogP contribution < -0.4 is 0 Å². The minimum absolute atomic E-state index is 0.257. The van der Waals surface area contributed by atoms with Crippen LogP contribution in [0.2, 0.25) is 0 Å². The second-order valence-corrected chi connectivity index (χ2v) is 4.78. The lowest BCUT2D eigenvalue weighted by molar-refractivity contribution is -0.161. The Morgan fingerprint density at radius 2 is 1.94 bits per heavy atom. The molecule has 0 aromatic heterocycles. The highest BCUT2D eigenvalue weighted by Crippen LogP contribution is 2.38. The molecule has 18 heavy (non-hydrogen) atoms. The highest BCUT2D eigenvalue weighted by atomic mass is 35.5. The van der Waals surface area contributed by atoms with Gasteiger partial charge in [-0.05, 0) is 35.7 Å². The maximum Gasteiger partial charge on any atom is 0.390 e. The Morgan fingerprint density at radius 1 is 1.33 bits per heavy atom. The Bertz CT molecular complexity index is 444. The van der Waals surface area contributed by atoms with Crippen molar-refractivity contribution in [1.82, 2.24) is 0 Å². The zero-order valence-corrected chi connectivity index (χ0v) is 10.3. The average molecular weight is 283 g/mol. The zero-order chi connectivity index (χ0) is 14.0. The fourth-order valence-electron chi connectivity index (χ4n) is 1.74. The van der Waals surface area contributed by atoms with E-state index in [1.165, 1.54) is 18.2 Å². The van der Waals surface area contributed by atoms with Crippen LogP contribution in [0.3, 0.4) is 0 Å². The van der Waals surface area contributed by atoms with Gasteiger partial charge in [0.25, 0.3) is 0 Å². The van der Waals surface area contributed by atoms with Gasteiger partial charge in [-0.3, -0.25) is 4.79 Å². The summed E-state index contributed by atoms with van der Waals surface area (Å²) in [5.41, 5.74) is -1.48. The lowest BCUT2D eigenvalue weighted by Gasteiger charge is -2.26. The molecule has 0 fully saturated rings. The van der Waals surface area contributed by atoms with E-state index in [0.717, 1.165) is 13.0 Å². The summed E-state index contributed by atoms with van der Waals surface area (Å²) in [4.78, 5) is 11.2. The summed E-state index contributed by atoms with van der Waals surface area (Å²) in [6.45, 7) is 1.13. The molecular weight excluding hydrogens is 272 g/mol. The molecule has 0 aliphatic carbocycles. The minimum atomic E-state index is -4.51. The highest BCUT2D eigenvalue weighted by molar-refractivity contribution is 6.64. The Kier molecular flexibility index (Phi) is 4.37. The van der Waals surface area contributed by atoms with Crippen molar-refractivity contribution in [1.29, 1.82) is 0 Å². The van der Waals surface area contributed by atoms with Gasteiger partial charge in [0.1, 0.15) is 5.82 Å². The van der Waals surface area contributed by atoms with E-state index in [4.69, 9.17) is 11.6 Å². The van der Waals surface area contributed by atoms with E-state index in [1.54, 1.807) is 0 Å². The van der Waals surface area contributed by atoms with Gasteiger partial charge in [0.05, 0.1) is 11.8 Å². The molecule has 6 heteroatoms. The van der Waals surface area contributed by atoms with Crippen molar-refractivity contribution < 1.29 is 22.4 Å².